The van der Waals surface area contributed by atoms with Crippen LogP contribution < -0.4 is 0 Å². The normalized spacial score (nSPS) is 12.3. The topological polar surface area (TPSA) is 46.3 Å². The van der Waals surface area contributed by atoms with E-state index in [2.05, 4.69) is 4.98 Å². The van der Waals surface area contributed by atoms with E-state index in [0.29, 0.717) is 11.3 Å². The van der Waals surface area contributed by atoms with Crippen LogP contribution in [0.1, 0.15) is 28.5 Å². The zero-order valence-corrected chi connectivity index (χ0v) is 15.7. The van der Waals surface area contributed by atoms with Crippen molar-refractivity contribution in [1.82, 2.24) is 9.88 Å². The molecule has 4 aromatic rings. The van der Waals surface area contributed by atoms with E-state index in [0.717, 1.165) is 15.2 Å². The molecule has 0 unspecified atom stereocenters. The molecule has 0 spiro atoms. The summed E-state index contributed by atoms with van der Waals surface area (Å²) in [6, 6.07) is 17.2. The molecule has 0 saturated heterocycles. The van der Waals surface area contributed by atoms with Crippen LogP contribution in [0.3, 0.4) is 0 Å². The Morgan fingerprint density at radius 3 is 2.63 bits per heavy atom. The SMILES string of the molecule is C[C@H](c1nc2ccccc2s1)N(C)C(=O)c1ccc(-c2ccccc2F)o1. The molecule has 2 aromatic carbocycles. The van der Waals surface area contributed by atoms with Gasteiger partial charge in [-0.2, -0.15) is 0 Å². The number of nitrogens with zero attached hydrogens (tertiary/aromatic N) is 2. The van der Waals surface area contributed by atoms with E-state index in [1.54, 1.807) is 53.6 Å². The second-order valence-corrected chi connectivity index (χ2v) is 7.32. The molecule has 1 atom stereocenters. The van der Waals surface area contributed by atoms with E-state index >= 15 is 0 Å². The number of amides is 1. The highest BCUT2D eigenvalue weighted by molar-refractivity contribution is 7.18. The summed E-state index contributed by atoms with van der Waals surface area (Å²) in [5.74, 6) is -0.160. The lowest BCUT2D eigenvalue weighted by Crippen LogP contribution is -2.29. The summed E-state index contributed by atoms with van der Waals surface area (Å²) < 4.78 is 20.6. The zero-order chi connectivity index (χ0) is 19.0. The van der Waals surface area contributed by atoms with E-state index < -0.39 is 0 Å². The first-order valence-electron chi connectivity index (χ1n) is 8.52. The quantitative estimate of drug-likeness (QED) is 0.468. The van der Waals surface area contributed by atoms with Crippen LogP contribution in [0, 0.1) is 5.82 Å². The summed E-state index contributed by atoms with van der Waals surface area (Å²) in [5, 5.41) is 0.855. The summed E-state index contributed by atoms with van der Waals surface area (Å²) in [6.07, 6.45) is 0. The third-order valence-corrected chi connectivity index (χ3v) is 5.73. The van der Waals surface area contributed by atoms with Crippen LogP contribution in [0.25, 0.3) is 21.5 Å². The highest BCUT2D eigenvalue weighted by atomic mass is 32.1. The molecule has 0 bridgehead atoms. The monoisotopic (exact) mass is 380 g/mol. The summed E-state index contributed by atoms with van der Waals surface area (Å²) in [6.45, 7) is 1.93. The van der Waals surface area contributed by atoms with Crippen LogP contribution in [0.2, 0.25) is 0 Å². The Morgan fingerprint density at radius 2 is 1.85 bits per heavy atom. The van der Waals surface area contributed by atoms with E-state index in [9.17, 15) is 9.18 Å². The maximum absolute atomic E-state index is 13.9. The van der Waals surface area contributed by atoms with Gasteiger partial charge in [0.25, 0.3) is 5.91 Å². The van der Waals surface area contributed by atoms with Gasteiger partial charge in [-0.1, -0.05) is 24.3 Å². The van der Waals surface area contributed by atoms with E-state index in [4.69, 9.17) is 4.42 Å². The number of fused-ring (bicyclic) bond motifs is 1. The number of rotatable bonds is 4. The first-order chi connectivity index (χ1) is 13.0. The van der Waals surface area contributed by atoms with Crippen molar-refractivity contribution in [2.24, 2.45) is 0 Å². The van der Waals surface area contributed by atoms with Crippen molar-refractivity contribution in [3.8, 4) is 11.3 Å². The Balaban J connectivity index is 1.58. The van der Waals surface area contributed by atoms with Crippen molar-refractivity contribution in [2.75, 3.05) is 7.05 Å². The molecule has 6 heteroatoms. The number of para-hydroxylation sites is 1. The number of carbonyl (C=O) groups is 1. The minimum absolute atomic E-state index is 0.170. The van der Waals surface area contributed by atoms with E-state index in [1.807, 2.05) is 31.2 Å². The minimum Gasteiger partial charge on any atom is -0.451 e. The average molecular weight is 380 g/mol. The number of hydrogen-bond donors (Lipinski definition) is 0. The number of furan rings is 1. The van der Waals surface area contributed by atoms with Gasteiger partial charge < -0.3 is 9.32 Å². The standard InChI is InChI=1S/C21H17FN2O2S/c1-13(20-23-16-9-5-6-10-19(16)27-20)24(2)21(25)18-12-11-17(26-18)14-7-3-4-8-15(14)22/h3-13H,1-2H3/t13-/m1/s1. The van der Waals surface area contributed by atoms with Gasteiger partial charge in [-0.15, -0.1) is 11.3 Å². The van der Waals surface area contributed by atoms with Gasteiger partial charge in [-0.3, -0.25) is 4.79 Å². The zero-order valence-electron chi connectivity index (χ0n) is 14.8. The van der Waals surface area contributed by atoms with Gasteiger partial charge in [0.2, 0.25) is 0 Å². The van der Waals surface area contributed by atoms with Gasteiger partial charge in [-0.25, -0.2) is 9.37 Å². The molecule has 0 aliphatic carbocycles. The predicted molar refractivity (Wildman–Crippen MR) is 104 cm³/mol. The van der Waals surface area contributed by atoms with Gasteiger partial charge in [0, 0.05) is 7.05 Å². The van der Waals surface area contributed by atoms with E-state index in [-0.39, 0.29) is 23.5 Å². The lowest BCUT2D eigenvalue weighted by Gasteiger charge is -2.22. The molecule has 136 valence electrons. The maximum Gasteiger partial charge on any atom is 0.289 e. The number of thiazole rings is 1. The molecule has 2 aromatic heterocycles. The van der Waals surface area contributed by atoms with Crippen LogP contribution in [0.4, 0.5) is 4.39 Å². The molecule has 0 N–H and O–H groups in total. The second-order valence-electron chi connectivity index (χ2n) is 6.26. The van der Waals surface area contributed by atoms with Crippen LogP contribution in [0.5, 0.6) is 0 Å². The fraction of sp³-hybridized carbons (Fsp3) is 0.143. The third kappa shape index (κ3) is 3.24. The maximum atomic E-state index is 13.9. The average Bonchev–Trinajstić information content (AvgIpc) is 3.33. The lowest BCUT2D eigenvalue weighted by molar-refractivity contribution is 0.0711. The molecule has 0 radical (unpaired) electrons. The molecule has 0 saturated carbocycles. The van der Waals surface area contributed by atoms with Crippen LogP contribution in [-0.4, -0.2) is 22.8 Å². The largest absolute Gasteiger partial charge is 0.451 e. The molecule has 0 fully saturated rings. The van der Waals surface area contributed by atoms with Gasteiger partial charge in [0.05, 0.1) is 21.8 Å². The Labute approximate surface area is 159 Å². The summed E-state index contributed by atoms with van der Waals surface area (Å²) in [7, 11) is 1.71. The van der Waals surface area contributed by atoms with Crippen LogP contribution >= 0.6 is 11.3 Å². The molecule has 27 heavy (non-hydrogen) atoms. The van der Waals surface area contributed by atoms with Crippen LogP contribution in [0.15, 0.2) is 65.1 Å². The second kappa shape index (κ2) is 6.96. The van der Waals surface area contributed by atoms with Crippen molar-refractivity contribution in [3.63, 3.8) is 0 Å². The Morgan fingerprint density at radius 1 is 1.11 bits per heavy atom. The van der Waals surface area contributed by atoms with Crippen molar-refractivity contribution >= 4 is 27.5 Å². The minimum atomic E-state index is -0.387. The van der Waals surface area contributed by atoms with Crippen LogP contribution in [-0.2, 0) is 0 Å². The van der Waals surface area contributed by atoms with Crippen molar-refractivity contribution in [2.45, 2.75) is 13.0 Å². The number of hydrogen-bond acceptors (Lipinski definition) is 4. The Kier molecular flexibility index (Phi) is 4.49. The Bertz CT molecular complexity index is 1090. The number of halogens is 1. The van der Waals surface area contributed by atoms with Gasteiger partial charge >= 0.3 is 0 Å². The fourth-order valence-electron chi connectivity index (χ4n) is 2.84. The first kappa shape index (κ1) is 17.4. The molecule has 0 aliphatic rings. The number of benzene rings is 2. The van der Waals surface area contributed by atoms with Gasteiger partial charge in [0.1, 0.15) is 16.6 Å². The predicted octanol–water partition coefficient (Wildman–Crippen LogP) is 5.53. The molecule has 4 nitrogen and oxygen atoms in total. The molecule has 2 heterocycles. The molecule has 4 rings (SSSR count). The third-order valence-electron chi connectivity index (χ3n) is 4.53. The summed E-state index contributed by atoms with van der Waals surface area (Å²) in [4.78, 5) is 19.0. The van der Waals surface area contributed by atoms with Crippen molar-refractivity contribution in [3.05, 3.63) is 77.2 Å². The highest BCUT2D eigenvalue weighted by Gasteiger charge is 2.24. The summed E-state index contributed by atoms with van der Waals surface area (Å²) in [5.41, 5.74) is 1.25. The highest BCUT2D eigenvalue weighted by Crippen LogP contribution is 2.30. The van der Waals surface area contributed by atoms with Crippen molar-refractivity contribution in [1.29, 1.82) is 0 Å². The lowest BCUT2D eigenvalue weighted by atomic mass is 10.1. The van der Waals surface area contributed by atoms with E-state index in [1.165, 1.54) is 6.07 Å². The fourth-order valence-corrected chi connectivity index (χ4v) is 3.91. The Hall–Kier alpha value is -2.99. The van der Waals surface area contributed by atoms with Gasteiger partial charge in [-0.05, 0) is 43.3 Å². The molecule has 1 amide bonds. The number of carbonyl (C=O) groups excluding carboxylic acids is 1. The molecule has 0 aliphatic heterocycles. The van der Waals surface area contributed by atoms with Gasteiger partial charge in [0.15, 0.2) is 5.76 Å². The first-order valence-corrected chi connectivity index (χ1v) is 9.33. The van der Waals surface area contributed by atoms with Crippen molar-refractivity contribution < 1.29 is 13.6 Å². The molecular weight excluding hydrogens is 363 g/mol. The molecular formula is C21H17FN2O2S. The smallest absolute Gasteiger partial charge is 0.289 e. The summed E-state index contributed by atoms with van der Waals surface area (Å²) >= 11 is 1.57. The number of aromatic nitrogens is 1.